The molecule has 0 fully saturated rings. The largest absolute Gasteiger partial charge is 0.463 e. The summed E-state index contributed by atoms with van der Waals surface area (Å²) in [5, 5.41) is 0. The summed E-state index contributed by atoms with van der Waals surface area (Å²) >= 11 is 0. The SMILES string of the molecule is CCCCC(CC)COC(=O)C(F)(CCC)C(C)(C)C. The Labute approximate surface area is 124 Å². The minimum absolute atomic E-state index is 0.223. The molecule has 2 atom stereocenters. The van der Waals surface area contributed by atoms with Gasteiger partial charge in [0.05, 0.1) is 6.61 Å². The van der Waals surface area contributed by atoms with Gasteiger partial charge in [-0.3, -0.25) is 0 Å². The number of rotatable bonds is 9. The highest BCUT2D eigenvalue weighted by Crippen LogP contribution is 2.39. The van der Waals surface area contributed by atoms with E-state index in [-0.39, 0.29) is 6.42 Å². The average Bonchev–Trinajstić information content (AvgIpc) is 2.37. The number of halogens is 1. The van der Waals surface area contributed by atoms with Crippen LogP contribution in [-0.2, 0) is 9.53 Å². The van der Waals surface area contributed by atoms with Crippen LogP contribution in [0.15, 0.2) is 0 Å². The predicted octanol–water partition coefficient (Wildman–Crippen LogP) is 5.30. The van der Waals surface area contributed by atoms with Crippen LogP contribution >= 0.6 is 0 Å². The second kappa shape index (κ2) is 8.63. The van der Waals surface area contributed by atoms with Crippen LogP contribution in [-0.4, -0.2) is 18.2 Å². The molecule has 0 aliphatic carbocycles. The highest BCUT2D eigenvalue weighted by molar-refractivity contribution is 5.80. The second-order valence-corrected chi connectivity index (χ2v) is 6.82. The Hall–Kier alpha value is -0.600. The fourth-order valence-electron chi connectivity index (χ4n) is 2.33. The Kier molecular flexibility index (Phi) is 8.38. The number of alkyl halides is 1. The van der Waals surface area contributed by atoms with Gasteiger partial charge in [-0.25, -0.2) is 9.18 Å². The molecule has 0 saturated carbocycles. The molecule has 0 bridgehead atoms. The Morgan fingerprint density at radius 2 is 1.75 bits per heavy atom. The van der Waals surface area contributed by atoms with Gasteiger partial charge in [0.1, 0.15) is 0 Å². The minimum Gasteiger partial charge on any atom is -0.463 e. The van der Waals surface area contributed by atoms with Crippen LogP contribution in [0.3, 0.4) is 0 Å². The van der Waals surface area contributed by atoms with Crippen LogP contribution in [0, 0.1) is 11.3 Å². The van der Waals surface area contributed by atoms with Gasteiger partial charge in [-0.1, -0.05) is 67.2 Å². The van der Waals surface area contributed by atoms with E-state index in [1.54, 1.807) is 20.8 Å². The van der Waals surface area contributed by atoms with Gasteiger partial charge in [-0.15, -0.1) is 0 Å². The second-order valence-electron chi connectivity index (χ2n) is 6.82. The molecular weight excluding hydrogens is 255 g/mol. The smallest absolute Gasteiger partial charge is 0.344 e. The zero-order chi connectivity index (χ0) is 15.8. The first kappa shape index (κ1) is 19.4. The summed E-state index contributed by atoms with van der Waals surface area (Å²) in [4.78, 5) is 12.2. The van der Waals surface area contributed by atoms with Crippen molar-refractivity contribution in [1.82, 2.24) is 0 Å². The van der Waals surface area contributed by atoms with E-state index in [1.165, 1.54) is 0 Å². The third kappa shape index (κ3) is 5.41. The van der Waals surface area contributed by atoms with Gasteiger partial charge in [0.2, 0.25) is 5.67 Å². The molecule has 0 radical (unpaired) electrons. The van der Waals surface area contributed by atoms with Crippen molar-refractivity contribution < 1.29 is 13.9 Å². The summed E-state index contributed by atoms with van der Waals surface area (Å²) in [5.41, 5.74) is -2.62. The van der Waals surface area contributed by atoms with E-state index >= 15 is 4.39 Å². The first-order valence-corrected chi connectivity index (χ1v) is 8.09. The van der Waals surface area contributed by atoms with Crippen LogP contribution in [0.2, 0.25) is 0 Å². The molecule has 0 heterocycles. The van der Waals surface area contributed by atoms with Crippen molar-refractivity contribution in [2.45, 2.75) is 85.7 Å². The number of ether oxygens (including phenoxy) is 1. The van der Waals surface area contributed by atoms with E-state index < -0.39 is 17.1 Å². The van der Waals surface area contributed by atoms with Gasteiger partial charge in [-0.05, 0) is 18.8 Å². The summed E-state index contributed by atoms with van der Waals surface area (Å²) in [6.07, 6.45) is 5.14. The van der Waals surface area contributed by atoms with Gasteiger partial charge in [0, 0.05) is 5.41 Å². The fourth-order valence-corrected chi connectivity index (χ4v) is 2.33. The van der Waals surface area contributed by atoms with Crippen molar-refractivity contribution in [3.8, 4) is 0 Å². The maximum absolute atomic E-state index is 15.0. The molecule has 0 rings (SSSR count). The number of hydrogen-bond acceptors (Lipinski definition) is 2. The van der Waals surface area contributed by atoms with E-state index in [1.807, 2.05) is 6.92 Å². The number of hydrogen-bond donors (Lipinski definition) is 0. The van der Waals surface area contributed by atoms with Crippen LogP contribution in [0.1, 0.15) is 80.1 Å². The van der Waals surface area contributed by atoms with Crippen molar-refractivity contribution in [1.29, 1.82) is 0 Å². The number of unbranched alkanes of at least 4 members (excludes halogenated alkanes) is 1. The number of carbonyl (C=O) groups is 1. The van der Waals surface area contributed by atoms with Crippen molar-refractivity contribution in [2.24, 2.45) is 11.3 Å². The lowest BCUT2D eigenvalue weighted by atomic mass is 9.75. The lowest BCUT2D eigenvalue weighted by Crippen LogP contribution is -2.47. The predicted molar refractivity (Wildman–Crippen MR) is 82.5 cm³/mol. The Morgan fingerprint density at radius 3 is 2.15 bits per heavy atom. The molecule has 0 aliphatic heterocycles. The van der Waals surface area contributed by atoms with Crippen molar-refractivity contribution in [2.75, 3.05) is 6.61 Å². The Bertz CT molecular complexity index is 283. The maximum Gasteiger partial charge on any atom is 0.344 e. The van der Waals surface area contributed by atoms with Gasteiger partial charge >= 0.3 is 5.97 Å². The normalized spacial score (nSPS) is 16.6. The number of carbonyl (C=O) groups excluding carboxylic acids is 1. The highest BCUT2D eigenvalue weighted by atomic mass is 19.1. The molecule has 2 nitrogen and oxygen atoms in total. The van der Waals surface area contributed by atoms with Crippen molar-refractivity contribution in [3.05, 3.63) is 0 Å². The molecule has 0 amide bonds. The van der Waals surface area contributed by atoms with Crippen LogP contribution < -0.4 is 0 Å². The van der Waals surface area contributed by atoms with E-state index in [4.69, 9.17) is 4.74 Å². The standard InChI is InChI=1S/C17H33FO2/c1-7-10-11-14(9-3)13-20-15(19)17(18,12-8-2)16(4,5)6/h14H,7-13H2,1-6H3. The lowest BCUT2D eigenvalue weighted by molar-refractivity contribution is -0.168. The first-order valence-electron chi connectivity index (χ1n) is 8.09. The Balaban J connectivity index is 4.62. The molecule has 0 N–H and O–H groups in total. The lowest BCUT2D eigenvalue weighted by Gasteiger charge is -2.35. The average molecular weight is 288 g/mol. The minimum atomic E-state index is -1.88. The molecule has 0 aromatic carbocycles. The van der Waals surface area contributed by atoms with Crippen LogP contribution in [0.25, 0.3) is 0 Å². The zero-order valence-electron chi connectivity index (χ0n) is 14.2. The van der Waals surface area contributed by atoms with Crippen molar-refractivity contribution in [3.63, 3.8) is 0 Å². The first-order chi connectivity index (χ1) is 9.22. The molecular formula is C17H33FO2. The monoisotopic (exact) mass is 288 g/mol. The Morgan fingerprint density at radius 1 is 1.15 bits per heavy atom. The molecule has 120 valence electrons. The molecule has 0 aromatic rings. The highest BCUT2D eigenvalue weighted by Gasteiger charge is 2.50. The van der Waals surface area contributed by atoms with Gasteiger partial charge in [-0.2, -0.15) is 0 Å². The third-order valence-corrected chi connectivity index (χ3v) is 4.10. The number of esters is 1. The molecule has 0 saturated heterocycles. The topological polar surface area (TPSA) is 26.3 Å². The molecule has 20 heavy (non-hydrogen) atoms. The van der Waals surface area contributed by atoms with Gasteiger partial charge < -0.3 is 4.74 Å². The van der Waals surface area contributed by atoms with E-state index in [0.29, 0.717) is 18.9 Å². The zero-order valence-corrected chi connectivity index (χ0v) is 14.2. The summed E-state index contributed by atoms with van der Waals surface area (Å²) in [6.45, 7) is 11.8. The molecule has 3 heteroatoms. The summed E-state index contributed by atoms with van der Waals surface area (Å²) in [7, 11) is 0. The molecule has 2 unspecified atom stereocenters. The quantitative estimate of drug-likeness (QED) is 0.538. The third-order valence-electron chi connectivity index (χ3n) is 4.10. The fraction of sp³-hybridized carbons (Fsp3) is 0.941. The molecule has 0 aliphatic rings. The van der Waals surface area contributed by atoms with Crippen molar-refractivity contribution >= 4 is 5.97 Å². The van der Waals surface area contributed by atoms with E-state index in [0.717, 1.165) is 25.7 Å². The van der Waals surface area contributed by atoms with Crippen LogP contribution in [0.5, 0.6) is 0 Å². The summed E-state index contributed by atoms with van der Waals surface area (Å²) < 4.78 is 20.3. The van der Waals surface area contributed by atoms with Gasteiger partial charge in [0.15, 0.2) is 0 Å². The maximum atomic E-state index is 15.0. The van der Waals surface area contributed by atoms with E-state index in [2.05, 4.69) is 13.8 Å². The molecule has 0 aromatic heterocycles. The summed E-state index contributed by atoms with van der Waals surface area (Å²) in [6, 6.07) is 0. The molecule has 0 spiro atoms. The van der Waals surface area contributed by atoms with Crippen LogP contribution in [0.4, 0.5) is 4.39 Å². The summed E-state index contributed by atoms with van der Waals surface area (Å²) in [5.74, 6) is -0.327. The van der Waals surface area contributed by atoms with E-state index in [9.17, 15) is 4.79 Å². The van der Waals surface area contributed by atoms with Gasteiger partial charge in [0.25, 0.3) is 0 Å².